The molecule has 2 aliphatic rings. The molecule has 1 aromatic carbocycles. The monoisotopic (exact) mass is 394 g/mol. The van der Waals surface area contributed by atoms with E-state index in [9.17, 15) is 20.4 Å². The third-order valence-corrected chi connectivity index (χ3v) is 7.19. The van der Waals surface area contributed by atoms with Crippen molar-refractivity contribution in [2.75, 3.05) is 12.4 Å². The number of rotatable bonds is 4. The molecule has 0 saturated carbocycles. The van der Waals surface area contributed by atoms with Crippen LogP contribution in [0.3, 0.4) is 0 Å². The fourth-order valence-electron chi connectivity index (χ4n) is 3.63. The van der Waals surface area contributed by atoms with Gasteiger partial charge in [-0.2, -0.15) is 0 Å². The van der Waals surface area contributed by atoms with Gasteiger partial charge in [-0.1, -0.05) is 18.2 Å². The van der Waals surface area contributed by atoms with E-state index in [0.29, 0.717) is 0 Å². The van der Waals surface area contributed by atoms with Crippen molar-refractivity contribution in [2.24, 2.45) is 5.92 Å². The zero-order valence-electron chi connectivity index (χ0n) is 14.1. The van der Waals surface area contributed by atoms with E-state index in [2.05, 4.69) is 35.7 Å². The Balaban J connectivity index is 1.48. The molecule has 0 amide bonds. The van der Waals surface area contributed by atoms with Gasteiger partial charge < -0.3 is 25.2 Å². The molecule has 0 radical (unpaired) electrons. The predicted octanol–water partition coefficient (Wildman–Crippen LogP) is 1.53. The van der Waals surface area contributed by atoms with Crippen molar-refractivity contribution in [3.8, 4) is 0 Å². The third-order valence-electron chi connectivity index (χ3n) is 5.11. The molecule has 1 aromatic heterocycles. The fourth-order valence-corrected chi connectivity index (χ4v) is 5.72. The number of benzene rings is 1. The minimum Gasteiger partial charge on any atom is -0.394 e. The number of aliphatic hydroxyl groups is 4. The van der Waals surface area contributed by atoms with Gasteiger partial charge in [0.2, 0.25) is 0 Å². The van der Waals surface area contributed by atoms with Gasteiger partial charge in [-0.15, -0.1) is 23.1 Å². The quantitative estimate of drug-likeness (QED) is 0.629. The van der Waals surface area contributed by atoms with E-state index < -0.39 is 37.1 Å². The first kappa shape index (κ1) is 18.4. The van der Waals surface area contributed by atoms with Gasteiger partial charge in [0.05, 0.1) is 12.7 Å². The first-order valence-electron chi connectivity index (χ1n) is 8.67. The summed E-state index contributed by atoms with van der Waals surface area (Å²) in [6, 6.07) is 8.60. The van der Waals surface area contributed by atoms with Crippen LogP contribution in [0.5, 0.6) is 0 Å². The lowest BCUT2D eigenvalue weighted by atomic mass is 9.88. The Hall–Kier alpha value is -0.930. The molecule has 140 valence electrons. The van der Waals surface area contributed by atoms with E-state index in [0.717, 1.165) is 12.2 Å². The third kappa shape index (κ3) is 3.45. The summed E-state index contributed by atoms with van der Waals surface area (Å²) in [5, 5.41) is 42.9. The van der Waals surface area contributed by atoms with Crippen LogP contribution < -0.4 is 0 Å². The smallest absolute Gasteiger partial charge is 0.111 e. The Kier molecular flexibility index (Phi) is 5.38. The van der Waals surface area contributed by atoms with Crippen molar-refractivity contribution in [2.45, 2.75) is 36.9 Å². The fraction of sp³-hybridized carbons (Fsp3) is 0.474. The molecule has 5 nitrogen and oxygen atoms in total. The van der Waals surface area contributed by atoms with E-state index in [4.69, 9.17) is 4.74 Å². The molecule has 0 aliphatic carbocycles. The van der Waals surface area contributed by atoms with Gasteiger partial charge in [0.25, 0.3) is 0 Å². The van der Waals surface area contributed by atoms with Gasteiger partial charge in [-0.05, 0) is 33.4 Å². The van der Waals surface area contributed by atoms with Crippen molar-refractivity contribution in [1.29, 1.82) is 0 Å². The van der Waals surface area contributed by atoms with Crippen molar-refractivity contribution < 1.29 is 25.2 Å². The number of hydrogen-bond acceptors (Lipinski definition) is 7. The molecule has 0 bridgehead atoms. The molecule has 3 heterocycles. The molecule has 7 heteroatoms. The van der Waals surface area contributed by atoms with Gasteiger partial charge in [-0.3, -0.25) is 0 Å². The number of hydrogen-bond donors (Lipinski definition) is 4. The van der Waals surface area contributed by atoms with Crippen LogP contribution in [-0.2, 0) is 11.2 Å². The molecule has 4 rings (SSSR count). The SMILES string of the molecule is OCC1OC(C2C=C(Cc3ccc4ccsc4c3)SC2)[C@H](O)[C@@H](O)[C@@H]1O. The number of ether oxygens (including phenoxy) is 1. The summed E-state index contributed by atoms with van der Waals surface area (Å²) in [6.07, 6.45) is -2.34. The number of thioether (sulfide) groups is 1. The van der Waals surface area contributed by atoms with Gasteiger partial charge in [0, 0.05) is 22.8 Å². The Morgan fingerprint density at radius 1 is 1.08 bits per heavy atom. The maximum atomic E-state index is 10.3. The second-order valence-electron chi connectivity index (χ2n) is 6.87. The van der Waals surface area contributed by atoms with Crippen molar-refractivity contribution in [1.82, 2.24) is 0 Å². The van der Waals surface area contributed by atoms with E-state index in [1.54, 1.807) is 23.1 Å². The standard InChI is InChI=1S/C19H22O5S2/c20-8-14-16(21)17(22)18(23)19(24-14)12-7-13(26-9-12)5-10-1-2-11-3-4-25-15(11)6-10/h1-4,6-7,12,14,16-23H,5,8-9H2/t12?,14?,16-,17+,18-,19?/m1/s1. The van der Waals surface area contributed by atoms with E-state index >= 15 is 0 Å². The Morgan fingerprint density at radius 3 is 2.73 bits per heavy atom. The summed E-state index contributed by atoms with van der Waals surface area (Å²) in [7, 11) is 0. The number of allylic oxidation sites excluding steroid dienone is 1. The molecular weight excluding hydrogens is 372 g/mol. The van der Waals surface area contributed by atoms with Crippen LogP contribution in [0.1, 0.15) is 5.56 Å². The largest absolute Gasteiger partial charge is 0.394 e. The minimum atomic E-state index is -1.31. The van der Waals surface area contributed by atoms with Crippen LogP contribution in [0.25, 0.3) is 10.1 Å². The van der Waals surface area contributed by atoms with Crippen LogP contribution in [-0.4, -0.2) is 63.3 Å². The summed E-state index contributed by atoms with van der Waals surface area (Å²) >= 11 is 3.46. The highest BCUT2D eigenvalue weighted by molar-refractivity contribution is 8.03. The highest BCUT2D eigenvalue weighted by atomic mass is 32.2. The molecule has 1 saturated heterocycles. The van der Waals surface area contributed by atoms with Gasteiger partial charge in [-0.25, -0.2) is 0 Å². The number of fused-ring (bicyclic) bond motifs is 1. The predicted molar refractivity (Wildman–Crippen MR) is 103 cm³/mol. The van der Waals surface area contributed by atoms with Crippen LogP contribution in [0.15, 0.2) is 40.6 Å². The molecular formula is C19H22O5S2. The molecule has 26 heavy (non-hydrogen) atoms. The van der Waals surface area contributed by atoms with Crippen molar-refractivity contribution in [3.63, 3.8) is 0 Å². The normalized spacial score (nSPS) is 35.0. The summed E-state index contributed by atoms with van der Waals surface area (Å²) in [5.41, 5.74) is 1.24. The van der Waals surface area contributed by atoms with Gasteiger partial charge in [0.1, 0.15) is 24.4 Å². The van der Waals surface area contributed by atoms with E-state index in [-0.39, 0.29) is 5.92 Å². The van der Waals surface area contributed by atoms with Crippen LogP contribution in [0.4, 0.5) is 0 Å². The molecule has 2 aromatic rings. The number of thiophene rings is 1. The highest BCUT2D eigenvalue weighted by Gasteiger charge is 2.46. The second-order valence-corrected chi connectivity index (χ2v) is 8.96. The number of aliphatic hydroxyl groups excluding tert-OH is 4. The Bertz CT molecular complexity index is 802. The zero-order chi connectivity index (χ0) is 18.3. The lowest BCUT2D eigenvalue weighted by molar-refractivity contribution is -0.235. The minimum absolute atomic E-state index is 0.0633. The topological polar surface area (TPSA) is 90.2 Å². The van der Waals surface area contributed by atoms with Gasteiger partial charge >= 0.3 is 0 Å². The molecule has 6 atom stereocenters. The summed E-state index contributed by atoms with van der Waals surface area (Å²) in [5.74, 6) is 0.686. The van der Waals surface area contributed by atoms with Crippen LogP contribution >= 0.6 is 23.1 Å². The average Bonchev–Trinajstić information content (AvgIpc) is 3.29. The molecule has 2 aliphatic heterocycles. The Morgan fingerprint density at radius 2 is 1.92 bits per heavy atom. The van der Waals surface area contributed by atoms with Gasteiger partial charge in [0.15, 0.2) is 0 Å². The maximum absolute atomic E-state index is 10.3. The van der Waals surface area contributed by atoms with Crippen LogP contribution in [0.2, 0.25) is 0 Å². The first-order chi connectivity index (χ1) is 12.6. The Labute approximate surface area is 159 Å². The van der Waals surface area contributed by atoms with Crippen molar-refractivity contribution >= 4 is 33.2 Å². The lowest BCUT2D eigenvalue weighted by Gasteiger charge is -2.41. The maximum Gasteiger partial charge on any atom is 0.111 e. The average molecular weight is 395 g/mol. The molecule has 3 unspecified atom stereocenters. The first-order valence-corrected chi connectivity index (χ1v) is 10.5. The van der Waals surface area contributed by atoms with E-state index in [1.807, 2.05) is 0 Å². The summed E-state index contributed by atoms with van der Waals surface area (Å²) < 4.78 is 6.97. The van der Waals surface area contributed by atoms with Crippen LogP contribution in [0, 0.1) is 5.92 Å². The van der Waals surface area contributed by atoms with E-state index in [1.165, 1.54) is 20.6 Å². The summed E-state index contributed by atoms with van der Waals surface area (Å²) in [4.78, 5) is 1.21. The molecule has 0 spiro atoms. The highest BCUT2D eigenvalue weighted by Crippen LogP contribution is 2.38. The summed E-state index contributed by atoms with van der Waals surface area (Å²) in [6.45, 7) is -0.390. The molecule has 1 fully saturated rings. The zero-order valence-corrected chi connectivity index (χ0v) is 15.7. The van der Waals surface area contributed by atoms with Crippen molar-refractivity contribution in [3.05, 3.63) is 46.2 Å². The second kappa shape index (κ2) is 7.59. The molecule has 4 N–H and O–H groups in total. The lowest BCUT2D eigenvalue weighted by Crippen LogP contribution is -2.60.